The van der Waals surface area contributed by atoms with Crippen molar-refractivity contribution in [3.63, 3.8) is 0 Å². The minimum absolute atomic E-state index is 0.0975. The summed E-state index contributed by atoms with van der Waals surface area (Å²) in [4.78, 5) is 12.2. The summed E-state index contributed by atoms with van der Waals surface area (Å²) < 4.78 is 18.9. The van der Waals surface area contributed by atoms with E-state index in [1.807, 2.05) is 45.1 Å². The molecule has 1 amide bonds. The fourth-order valence-corrected chi connectivity index (χ4v) is 4.50. The van der Waals surface area contributed by atoms with E-state index in [-0.39, 0.29) is 29.0 Å². The van der Waals surface area contributed by atoms with Crippen LogP contribution in [0.1, 0.15) is 51.6 Å². The van der Waals surface area contributed by atoms with Crippen molar-refractivity contribution in [2.75, 3.05) is 6.54 Å². The number of fused-ring (bicyclic) bond motifs is 1. The summed E-state index contributed by atoms with van der Waals surface area (Å²) in [6, 6.07) is 6.50. The number of hydrogen-bond donors (Lipinski definition) is 2. The highest BCUT2D eigenvalue weighted by molar-refractivity contribution is 5.73. The lowest BCUT2D eigenvalue weighted by molar-refractivity contribution is 0.0509. The largest absolute Gasteiger partial charge is 0.444 e. The van der Waals surface area contributed by atoms with Crippen molar-refractivity contribution < 1.29 is 13.9 Å². The highest BCUT2D eigenvalue weighted by atomic mass is 19.1. The molecule has 1 aromatic carbocycles. The number of benzene rings is 1. The smallest absolute Gasteiger partial charge is 0.408 e. The maximum absolute atomic E-state index is 13.5. The molecule has 1 unspecified atom stereocenters. The number of alkyl carbamates (subject to hydrolysis) is 1. The third-order valence-corrected chi connectivity index (χ3v) is 6.22. The highest BCUT2D eigenvalue weighted by Gasteiger charge is 2.85. The van der Waals surface area contributed by atoms with E-state index in [1.165, 1.54) is 12.1 Å². The Morgan fingerprint density at radius 2 is 1.87 bits per heavy atom. The zero-order valence-electron chi connectivity index (χ0n) is 17.9. The van der Waals surface area contributed by atoms with E-state index in [2.05, 4.69) is 28.9 Å². The summed E-state index contributed by atoms with van der Waals surface area (Å²) in [6.07, 6.45) is 5.95. The van der Waals surface area contributed by atoms with Gasteiger partial charge in [-0.15, -0.1) is 0 Å². The van der Waals surface area contributed by atoms with E-state index < -0.39 is 5.60 Å². The fraction of sp³-hybridized carbons (Fsp3) is 0.458. The van der Waals surface area contributed by atoms with Gasteiger partial charge in [-0.05, 0) is 68.9 Å². The Kier molecular flexibility index (Phi) is 4.90. The second kappa shape index (κ2) is 7.06. The second-order valence-corrected chi connectivity index (χ2v) is 9.54. The van der Waals surface area contributed by atoms with Gasteiger partial charge in [0.15, 0.2) is 0 Å². The van der Waals surface area contributed by atoms with Gasteiger partial charge in [-0.2, -0.15) is 0 Å². The number of amides is 1. The molecule has 2 aliphatic carbocycles. The number of rotatable bonds is 6. The van der Waals surface area contributed by atoms with Crippen molar-refractivity contribution in [2.24, 2.45) is 0 Å². The lowest BCUT2D eigenvalue weighted by atomic mass is 9.89. The minimum atomic E-state index is -0.522. The van der Waals surface area contributed by atoms with Crippen LogP contribution < -0.4 is 10.7 Å². The quantitative estimate of drug-likeness (QED) is 0.721. The summed E-state index contributed by atoms with van der Waals surface area (Å²) in [5, 5.41) is 5.25. The van der Waals surface area contributed by atoms with Crippen LogP contribution in [0.25, 0.3) is 0 Å². The van der Waals surface area contributed by atoms with Crippen LogP contribution >= 0.6 is 0 Å². The molecule has 2 N–H and O–H groups in total. The molecule has 1 heterocycles. The maximum Gasteiger partial charge on any atom is 0.408 e. The number of ether oxygens (including phenoxy) is 1. The number of halogens is 1. The Morgan fingerprint density at radius 1 is 1.20 bits per heavy atom. The third-order valence-electron chi connectivity index (χ3n) is 6.22. The van der Waals surface area contributed by atoms with Gasteiger partial charge >= 0.3 is 6.09 Å². The number of nitrogens with zero attached hydrogens (tertiary/aromatic N) is 1. The fourth-order valence-electron chi connectivity index (χ4n) is 4.50. The number of hydrogen-bond acceptors (Lipinski definition) is 4. The summed E-state index contributed by atoms with van der Waals surface area (Å²) in [5.74, 6) is -0.259. The average Bonchev–Trinajstić information content (AvgIpc) is 3.45. The van der Waals surface area contributed by atoms with Crippen molar-refractivity contribution in [3.8, 4) is 0 Å². The van der Waals surface area contributed by atoms with Crippen LogP contribution in [0.5, 0.6) is 0 Å². The molecular weight excluding hydrogens is 381 g/mol. The number of carbonyl (C=O) groups excluding carboxylic acids is 1. The van der Waals surface area contributed by atoms with Crippen LogP contribution in [0.3, 0.4) is 0 Å². The Labute approximate surface area is 177 Å². The molecule has 1 atom stereocenters. The third kappa shape index (κ3) is 3.70. The molecule has 1 aliphatic heterocycles. The molecule has 5 nitrogen and oxygen atoms in total. The van der Waals surface area contributed by atoms with Gasteiger partial charge in [0.25, 0.3) is 0 Å². The monoisotopic (exact) mass is 411 g/mol. The van der Waals surface area contributed by atoms with Gasteiger partial charge in [-0.1, -0.05) is 37.4 Å². The normalized spacial score (nSPS) is 30.3. The van der Waals surface area contributed by atoms with E-state index in [0.717, 1.165) is 42.5 Å². The van der Waals surface area contributed by atoms with Crippen LogP contribution in [0.4, 0.5) is 9.18 Å². The van der Waals surface area contributed by atoms with E-state index in [0.29, 0.717) is 0 Å². The van der Waals surface area contributed by atoms with Crippen molar-refractivity contribution in [3.05, 3.63) is 72.1 Å². The van der Waals surface area contributed by atoms with Crippen LogP contribution in [-0.2, 0) is 4.74 Å². The molecule has 3 aliphatic rings. The molecule has 0 spiro atoms. The van der Waals surface area contributed by atoms with Crippen LogP contribution in [0.15, 0.2) is 60.7 Å². The standard InChI is InChI=1S/C24H30FN3O2/c1-6-16-12-13-28(20(19(16)7-2)17-8-10-18(25)11-9-17)27-24-14-23(24,15-24)26-21(29)30-22(3,4)5/h6-11,20,27H,1-2,12-15H2,3-5H3,(H,26,29). The molecule has 30 heavy (non-hydrogen) atoms. The van der Waals surface area contributed by atoms with Gasteiger partial charge in [-0.3, -0.25) is 0 Å². The molecule has 1 aromatic rings. The van der Waals surface area contributed by atoms with Gasteiger partial charge in [0.1, 0.15) is 11.4 Å². The molecule has 160 valence electrons. The average molecular weight is 412 g/mol. The van der Waals surface area contributed by atoms with Crippen LogP contribution in [0, 0.1) is 5.82 Å². The van der Waals surface area contributed by atoms with Crippen molar-refractivity contribution >= 4 is 6.09 Å². The first kappa shape index (κ1) is 20.8. The predicted octanol–water partition coefficient (Wildman–Crippen LogP) is 4.56. The topological polar surface area (TPSA) is 53.6 Å². The lowest BCUT2D eigenvalue weighted by Crippen LogP contribution is -2.48. The highest BCUT2D eigenvalue weighted by Crippen LogP contribution is 2.71. The van der Waals surface area contributed by atoms with Crippen molar-refractivity contribution in [1.82, 2.24) is 15.8 Å². The Bertz CT molecular complexity index is 907. The Hall–Kier alpha value is -2.44. The molecule has 0 saturated heterocycles. The predicted molar refractivity (Wildman–Crippen MR) is 115 cm³/mol. The van der Waals surface area contributed by atoms with Gasteiger partial charge in [0.05, 0.1) is 17.1 Å². The summed E-state index contributed by atoms with van der Waals surface area (Å²) in [6.45, 7) is 14.3. The van der Waals surface area contributed by atoms with Crippen LogP contribution in [-0.4, -0.2) is 34.3 Å². The van der Waals surface area contributed by atoms with Crippen molar-refractivity contribution in [1.29, 1.82) is 0 Å². The molecule has 2 saturated carbocycles. The molecule has 6 heteroatoms. The van der Waals surface area contributed by atoms with E-state index in [1.54, 1.807) is 0 Å². The first-order valence-corrected chi connectivity index (χ1v) is 10.4. The number of hydrazine groups is 1. The lowest BCUT2D eigenvalue weighted by Gasteiger charge is -2.39. The Morgan fingerprint density at radius 3 is 2.43 bits per heavy atom. The summed E-state index contributed by atoms with van der Waals surface area (Å²) >= 11 is 0. The molecule has 0 radical (unpaired) electrons. The first-order chi connectivity index (χ1) is 14.1. The SMILES string of the molecule is C=CC1=C(C=C)C(c2ccc(F)cc2)N(NC23CC2(NC(=O)OC(C)(C)C)C3)CC1. The van der Waals surface area contributed by atoms with Crippen molar-refractivity contribution in [2.45, 2.75) is 62.8 Å². The summed E-state index contributed by atoms with van der Waals surface area (Å²) in [5.41, 5.74) is 5.99. The van der Waals surface area contributed by atoms with Gasteiger partial charge in [0, 0.05) is 6.54 Å². The second-order valence-electron chi connectivity index (χ2n) is 9.54. The molecule has 4 rings (SSSR count). The van der Waals surface area contributed by atoms with E-state index in [4.69, 9.17) is 4.74 Å². The van der Waals surface area contributed by atoms with Crippen LogP contribution in [0.2, 0.25) is 0 Å². The molecular formula is C24H30FN3O2. The van der Waals surface area contributed by atoms with E-state index in [9.17, 15) is 9.18 Å². The number of carbonyl (C=O) groups is 1. The molecule has 2 fully saturated rings. The van der Waals surface area contributed by atoms with Gasteiger partial charge in [-0.25, -0.2) is 19.6 Å². The maximum atomic E-state index is 13.5. The van der Waals surface area contributed by atoms with Gasteiger partial charge in [0.2, 0.25) is 0 Å². The summed E-state index contributed by atoms with van der Waals surface area (Å²) in [7, 11) is 0. The Balaban J connectivity index is 1.52. The van der Waals surface area contributed by atoms with Gasteiger partial charge < -0.3 is 10.1 Å². The zero-order valence-corrected chi connectivity index (χ0v) is 17.9. The first-order valence-electron chi connectivity index (χ1n) is 10.4. The zero-order chi connectivity index (χ0) is 21.7. The minimum Gasteiger partial charge on any atom is -0.444 e. The molecule has 0 aromatic heterocycles. The molecule has 0 bridgehead atoms. The number of nitrogens with one attached hydrogen (secondary N) is 2. The number of allylic oxidation sites excluding steroid dienone is 1. The van der Waals surface area contributed by atoms with E-state index >= 15 is 0 Å².